The molecule has 3 saturated carbocycles. The number of Topliss-reactive ketones (excluding diaryl/α,β-unsaturated/α-hetero) is 1. The molecule has 2 radical (unpaired) electrons. The Morgan fingerprint density at radius 2 is 1.87 bits per heavy atom. The maximum atomic E-state index is 12.3. The van der Waals surface area contributed by atoms with Gasteiger partial charge in [0.2, 0.25) is 5.76 Å². The molecule has 0 heterocycles. The molecule has 0 aromatic carbocycles. The van der Waals surface area contributed by atoms with E-state index >= 15 is 0 Å². The second-order valence-electron chi connectivity index (χ2n) is 7.94. The molecule has 0 aromatic heterocycles. The third-order valence-corrected chi connectivity index (χ3v) is 7.17. The van der Waals surface area contributed by atoms with Crippen molar-refractivity contribution in [3.8, 4) is 0 Å². The maximum absolute atomic E-state index is 12.3. The minimum absolute atomic E-state index is 0. The summed E-state index contributed by atoms with van der Waals surface area (Å²) >= 11 is 0. The number of rotatable bonds is 0. The molecule has 0 aromatic rings. The number of allylic oxidation sites excluding steroid dienone is 2. The number of ketones is 1. The minimum atomic E-state index is -0.0589. The molecule has 0 bridgehead atoms. The number of hydrogen-bond acceptors (Lipinski definition) is 1. The topological polar surface area (TPSA) is 37.0 Å². The van der Waals surface area contributed by atoms with E-state index in [1.807, 2.05) is 12.2 Å². The molecule has 0 amide bonds. The summed E-state index contributed by atoms with van der Waals surface area (Å²) < 4.78 is 0. The van der Waals surface area contributed by atoms with Gasteiger partial charge in [0, 0.05) is 17.3 Å². The molecule has 5 atom stereocenters. The van der Waals surface area contributed by atoms with Crippen LogP contribution in [0.5, 0.6) is 0 Å². The van der Waals surface area contributed by atoms with Gasteiger partial charge in [-0.15, -0.1) is 0 Å². The largest absolute Gasteiger partial charge is 1.00 e. The van der Waals surface area contributed by atoms with E-state index in [9.17, 15) is 9.90 Å². The Kier molecular flexibility index (Phi) is 5.33. The van der Waals surface area contributed by atoms with Gasteiger partial charge < -0.3 is 12.4 Å². The Morgan fingerprint density at radius 1 is 1.13 bits per heavy atom. The second kappa shape index (κ2) is 6.35. The molecule has 4 rings (SSSR count). The quantitative estimate of drug-likeness (QED) is 0.350. The van der Waals surface area contributed by atoms with Gasteiger partial charge >= 0.3 is 27.7 Å². The first-order valence-electron chi connectivity index (χ1n) is 8.34. The molecule has 4 heteroatoms. The third-order valence-electron chi connectivity index (χ3n) is 7.17. The van der Waals surface area contributed by atoms with Crippen LogP contribution in [0.3, 0.4) is 0 Å². The van der Waals surface area contributed by atoms with Crippen LogP contribution in [0.1, 0.15) is 52.4 Å². The zero-order valence-corrected chi connectivity index (χ0v) is 20.3. The van der Waals surface area contributed by atoms with Gasteiger partial charge in [-0.3, -0.25) is 9.90 Å². The third kappa shape index (κ3) is 2.60. The van der Waals surface area contributed by atoms with E-state index in [4.69, 9.17) is 0 Å². The van der Waals surface area contributed by atoms with Gasteiger partial charge in [-0.1, -0.05) is 25.2 Å². The Labute approximate surface area is 165 Å². The van der Waals surface area contributed by atoms with Gasteiger partial charge in [-0.25, -0.2) is 0 Å². The number of carbonyl (C=O) groups excluding carboxylic acids is 1. The van der Waals surface area contributed by atoms with E-state index in [0.29, 0.717) is 23.5 Å². The van der Waals surface area contributed by atoms with Crippen molar-refractivity contribution in [3.05, 3.63) is 29.2 Å². The van der Waals surface area contributed by atoms with Gasteiger partial charge in [0.1, 0.15) is 5.78 Å². The van der Waals surface area contributed by atoms with Crippen molar-refractivity contribution < 1.29 is 50.0 Å². The van der Waals surface area contributed by atoms with E-state index in [1.54, 1.807) is 0 Å². The van der Waals surface area contributed by atoms with Crippen molar-refractivity contribution >= 4 is 5.78 Å². The fourth-order valence-corrected chi connectivity index (χ4v) is 5.88. The molecule has 3 fully saturated rings. The van der Waals surface area contributed by atoms with Crippen LogP contribution in [0.15, 0.2) is 29.2 Å². The van der Waals surface area contributed by atoms with Crippen molar-refractivity contribution in [2.24, 2.45) is 28.6 Å². The summed E-state index contributed by atoms with van der Waals surface area (Å²) in [5.41, 5.74) is 4.18. The summed E-state index contributed by atoms with van der Waals surface area (Å²) in [6, 6.07) is 0. The number of halogens is 1. The zero-order valence-electron chi connectivity index (χ0n) is 14.0. The second-order valence-corrected chi connectivity index (χ2v) is 7.94. The Balaban J connectivity index is 0.000000960. The number of fused-ring (bicyclic) bond motifs is 5. The fourth-order valence-electron chi connectivity index (χ4n) is 5.88. The number of hydrogen-bond donors (Lipinski definition) is 0. The van der Waals surface area contributed by atoms with E-state index in [1.165, 1.54) is 5.57 Å². The predicted molar refractivity (Wildman–Crippen MR) is 79.8 cm³/mol. The fraction of sp³-hybridized carbons (Fsp3) is 0.684. The van der Waals surface area contributed by atoms with Crippen molar-refractivity contribution in [3.63, 3.8) is 0 Å². The molecule has 2 nitrogen and oxygen atoms in total. The Hall–Kier alpha value is -0.0449. The monoisotopic (exact) mass is 520 g/mol. The van der Waals surface area contributed by atoms with Gasteiger partial charge in [-0.05, 0) is 62.0 Å². The van der Waals surface area contributed by atoms with Crippen molar-refractivity contribution in [1.29, 1.82) is 0 Å². The van der Waals surface area contributed by atoms with Crippen LogP contribution in [0.4, 0.5) is 0 Å². The van der Waals surface area contributed by atoms with Crippen LogP contribution in [0, 0.1) is 28.6 Å². The normalized spacial score (nSPS) is 43.9. The molecule has 23 heavy (non-hydrogen) atoms. The van der Waals surface area contributed by atoms with Gasteiger partial charge in [0.05, 0.1) is 0 Å². The average molecular weight is 519 g/mol. The summed E-state index contributed by atoms with van der Waals surface area (Å²) in [7, 11) is 0. The molecular weight excluding hydrogens is 496 g/mol. The standard InChI is InChI=1S/C19H23O2.ClH.Hg/c1-18-9-7-13(20)11-12(18)3-4-14-15-5-6-17(21)19(15,2)10-8-16(14)18;;/h9,11,14-16H,3-6,8,10H2,1-2H3;1H;/q;;+1/p-1/t14-,15-,16-,18-,19-;;/m0../s1. The minimum Gasteiger partial charge on any atom is -1.00 e. The SMILES string of the molecule is C[C@]12C=C=C([O])C=C1CC[C@@H]1[C@@H]2CC[C@]2(C)C(=O)CC[C@@H]12.[Cl-].[Hg+]. The average Bonchev–Trinajstić information content (AvgIpc) is 2.76. The zero-order chi connectivity index (χ0) is 14.8. The van der Waals surface area contributed by atoms with Crippen molar-refractivity contribution in [1.82, 2.24) is 0 Å². The molecular formula is C19H23ClHgO2. The molecule has 0 aliphatic heterocycles. The molecule has 0 N–H and O–H groups in total. The summed E-state index contributed by atoms with van der Waals surface area (Å²) in [5, 5.41) is 11.6. The molecule has 0 saturated heterocycles. The molecule has 4 aliphatic rings. The van der Waals surface area contributed by atoms with E-state index in [0.717, 1.165) is 38.5 Å². The Morgan fingerprint density at radius 3 is 2.61 bits per heavy atom. The van der Waals surface area contributed by atoms with Crippen LogP contribution in [-0.2, 0) is 37.6 Å². The van der Waals surface area contributed by atoms with E-state index in [2.05, 4.69) is 19.6 Å². The predicted octanol–water partition coefficient (Wildman–Crippen LogP) is 1.21. The van der Waals surface area contributed by atoms with Crippen LogP contribution >= 0.6 is 0 Å². The number of carbonyl (C=O) groups is 1. The first-order chi connectivity index (χ1) is 9.95. The smallest absolute Gasteiger partial charge is 1.00 e. The van der Waals surface area contributed by atoms with Crippen LogP contribution in [-0.4, -0.2) is 5.78 Å². The van der Waals surface area contributed by atoms with Crippen molar-refractivity contribution in [2.75, 3.05) is 0 Å². The summed E-state index contributed by atoms with van der Waals surface area (Å²) in [6.07, 6.45) is 10.0. The van der Waals surface area contributed by atoms with Crippen LogP contribution in [0.25, 0.3) is 0 Å². The maximum Gasteiger partial charge on any atom is 1.00 e. The first-order valence-corrected chi connectivity index (χ1v) is 8.34. The van der Waals surface area contributed by atoms with Crippen LogP contribution in [0.2, 0.25) is 0 Å². The molecule has 0 spiro atoms. The summed E-state index contributed by atoms with van der Waals surface area (Å²) in [4.78, 5) is 12.3. The van der Waals surface area contributed by atoms with Gasteiger partial charge in [-0.2, -0.15) is 0 Å². The molecule has 4 aliphatic carbocycles. The molecule has 120 valence electrons. The van der Waals surface area contributed by atoms with E-state index in [-0.39, 0.29) is 56.7 Å². The van der Waals surface area contributed by atoms with E-state index < -0.39 is 0 Å². The summed E-state index contributed by atoms with van der Waals surface area (Å²) in [6.45, 7) is 4.50. The van der Waals surface area contributed by atoms with Crippen molar-refractivity contribution in [2.45, 2.75) is 52.4 Å². The summed E-state index contributed by atoms with van der Waals surface area (Å²) in [5.74, 6) is 2.31. The first kappa shape index (κ1) is 19.3. The van der Waals surface area contributed by atoms with Gasteiger partial charge in [0.15, 0.2) is 0 Å². The van der Waals surface area contributed by atoms with Crippen LogP contribution < -0.4 is 12.4 Å². The molecule has 0 unspecified atom stereocenters. The Bertz CT molecular complexity index is 619. The van der Waals surface area contributed by atoms with Gasteiger partial charge in [0.25, 0.3) is 0 Å².